The molecule has 1 aliphatic rings. The Morgan fingerprint density at radius 3 is 2.28 bits per heavy atom. The fourth-order valence-electron chi connectivity index (χ4n) is 2.98. The van der Waals surface area contributed by atoms with Gasteiger partial charge in [-0.3, -0.25) is 0 Å². The molecule has 0 aliphatic heterocycles. The van der Waals surface area contributed by atoms with Gasteiger partial charge < -0.3 is 11.1 Å². The number of nitrogen functional groups attached to an aromatic ring is 1. The third-order valence-electron chi connectivity index (χ3n) is 4.98. The molecule has 0 amide bonds. The number of halogens is 1. The Kier molecular flexibility index (Phi) is 3.37. The normalized spacial score (nSPS) is 20.9. The molecule has 18 heavy (non-hydrogen) atoms. The number of hydrogen-bond donors (Lipinski definition) is 2. The molecule has 0 heterocycles. The van der Waals surface area contributed by atoms with Crippen molar-refractivity contribution in [2.75, 3.05) is 12.3 Å². The molecule has 0 aromatic heterocycles. The summed E-state index contributed by atoms with van der Waals surface area (Å²) in [5, 5.41) is 4.22. The van der Waals surface area contributed by atoms with E-state index in [0.717, 1.165) is 30.3 Å². The van der Waals surface area contributed by atoms with Gasteiger partial charge in [0.15, 0.2) is 0 Å². The predicted octanol–water partition coefficient (Wildman–Crippen LogP) is 3.69. The largest absolute Gasteiger partial charge is 0.399 e. The van der Waals surface area contributed by atoms with Crippen LogP contribution in [0.4, 0.5) is 5.69 Å². The van der Waals surface area contributed by atoms with Crippen molar-refractivity contribution in [1.82, 2.24) is 5.32 Å². The Morgan fingerprint density at radius 1 is 1.17 bits per heavy atom. The monoisotopic (exact) mass is 266 g/mol. The molecule has 3 heteroatoms. The van der Waals surface area contributed by atoms with Gasteiger partial charge in [-0.1, -0.05) is 39.3 Å². The molecule has 100 valence electrons. The van der Waals surface area contributed by atoms with Crippen LogP contribution in [0.5, 0.6) is 0 Å². The van der Waals surface area contributed by atoms with E-state index in [9.17, 15) is 0 Å². The van der Waals surface area contributed by atoms with Crippen molar-refractivity contribution in [3.8, 4) is 0 Å². The molecular formula is C15H23ClN2. The Hall–Kier alpha value is -0.730. The van der Waals surface area contributed by atoms with Crippen LogP contribution in [0.2, 0.25) is 5.02 Å². The highest BCUT2D eigenvalue weighted by atomic mass is 35.5. The first-order valence-corrected chi connectivity index (χ1v) is 6.88. The van der Waals surface area contributed by atoms with E-state index in [1.807, 2.05) is 12.1 Å². The fourth-order valence-corrected chi connectivity index (χ4v) is 3.25. The van der Waals surface area contributed by atoms with Crippen LogP contribution in [-0.4, -0.2) is 6.54 Å². The van der Waals surface area contributed by atoms with E-state index in [1.165, 1.54) is 0 Å². The Morgan fingerprint density at radius 2 is 1.78 bits per heavy atom. The number of nitrogens with one attached hydrogen (secondary N) is 1. The summed E-state index contributed by atoms with van der Waals surface area (Å²) in [7, 11) is 0. The molecule has 1 saturated carbocycles. The first-order chi connectivity index (χ1) is 8.25. The molecular weight excluding hydrogens is 244 g/mol. The van der Waals surface area contributed by atoms with Gasteiger partial charge >= 0.3 is 0 Å². The molecule has 3 N–H and O–H groups in total. The summed E-state index contributed by atoms with van der Waals surface area (Å²) in [5.74, 6) is 0.738. The molecule has 1 aromatic carbocycles. The second kappa shape index (κ2) is 4.43. The number of rotatable bonds is 4. The van der Waals surface area contributed by atoms with E-state index in [-0.39, 0.29) is 0 Å². The molecule has 0 bridgehead atoms. The third kappa shape index (κ3) is 2.36. The zero-order chi connectivity index (χ0) is 13.6. The molecule has 2 nitrogen and oxygen atoms in total. The minimum Gasteiger partial charge on any atom is -0.399 e. The molecule has 1 aliphatic carbocycles. The molecule has 2 rings (SSSR count). The molecule has 0 atom stereocenters. The number of benzene rings is 1. The Labute approximate surface area is 115 Å². The second-order valence-electron chi connectivity index (χ2n) is 6.52. The van der Waals surface area contributed by atoms with Gasteiger partial charge in [-0.25, -0.2) is 0 Å². The summed E-state index contributed by atoms with van der Waals surface area (Å²) in [6.45, 7) is 11.3. The fraction of sp³-hybridized carbons (Fsp3) is 0.600. The SMILES string of the molecule is CC1(C)C(CNCc2cc(N)cc(Cl)c2)C1(C)C. The molecule has 1 aromatic rings. The quantitative estimate of drug-likeness (QED) is 0.816. The van der Waals surface area contributed by atoms with Crippen molar-refractivity contribution >= 4 is 17.3 Å². The van der Waals surface area contributed by atoms with Gasteiger partial charge in [-0.2, -0.15) is 0 Å². The van der Waals surface area contributed by atoms with Crippen LogP contribution < -0.4 is 11.1 Å². The molecule has 0 spiro atoms. The van der Waals surface area contributed by atoms with Crippen LogP contribution in [0.25, 0.3) is 0 Å². The molecule has 0 radical (unpaired) electrons. The van der Waals surface area contributed by atoms with Crippen LogP contribution in [0, 0.1) is 16.7 Å². The van der Waals surface area contributed by atoms with E-state index in [4.69, 9.17) is 17.3 Å². The highest BCUT2D eigenvalue weighted by Crippen LogP contribution is 2.67. The second-order valence-corrected chi connectivity index (χ2v) is 6.96. The number of nitrogens with two attached hydrogens (primary N) is 1. The molecule has 1 fully saturated rings. The third-order valence-corrected chi connectivity index (χ3v) is 5.20. The van der Waals surface area contributed by atoms with Gasteiger partial charge in [-0.05, 0) is 47.1 Å². The van der Waals surface area contributed by atoms with Crippen molar-refractivity contribution in [3.05, 3.63) is 28.8 Å². The molecule has 0 saturated heterocycles. The van der Waals surface area contributed by atoms with Gasteiger partial charge in [0.05, 0.1) is 0 Å². The van der Waals surface area contributed by atoms with Gasteiger partial charge in [0.2, 0.25) is 0 Å². The van der Waals surface area contributed by atoms with Crippen molar-refractivity contribution in [2.24, 2.45) is 16.7 Å². The topological polar surface area (TPSA) is 38.0 Å². The Bertz CT molecular complexity index is 418. The summed E-state index contributed by atoms with van der Waals surface area (Å²) in [6, 6.07) is 5.72. The van der Waals surface area contributed by atoms with Gasteiger partial charge in [0.25, 0.3) is 0 Å². The summed E-state index contributed by atoms with van der Waals surface area (Å²) < 4.78 is 0. The summed E-state index contributed by atoms with van der Waals surface area (Å²) in [6.07, 6.45) is 0. The maximum atomic E-state index is 5.99. The van der Waals surface area contributed by atoms with Crippen molar-refractivity contribution in [2.45, 2.75) is 34.2 Å². The van der Waals surface area contributed by atoms with Crippen molar-refractivity contribution in [1.29, 1.82) is 0 Å². The lowest BCUT2D eigenvalue weighted by Crippen LogP contribution is -2.18. The van der Waals surface area contributed by atoms with E-state index in [0.29, 0.717) is 15.9 Å². The van der Waals surface area contributed by atoms with Crippen molar-refractivity contribution < 1.29 is 0 Å². The lowest BCUT2D eigenvalue weighted by atomic mass is 10.0. The van der Waals surface area contributed by atoms with E-state index in [2.05, 4.69) is 33.0 Å². The smallest absolute Gasteiger partial charge is 0.0429 e. The first kappa shape index (κ1) is 13.7. The lowest BCUT2D eigenvalue weighted by molar-refractivity contribution is 0.457. The predicted molar refractivity (Wildman–Crippen MR) is 78.6 cm³/mol. The van der Waals surface area contributed by atoms with Crippen LogP contribution in [0.15, 0.2) is 18.2 Å². The Balaban J connectivity index is 1.87. The first-order valence-electron chi connectivity index (χ1n) is 6.51. The minimum absolute atomic E-state index is 0.438. The zero-order valence-corrected chi connectivity index (χ0v) is 12.4. The van der Waals surface area contributed by atoms with Crippen LogP contribution in [-0.2, 0) is 6.54 Å². The molecule has 0 unspecified atom stereocenters. The van der Waals surface area contributed by atoms with Gasteiger partial charge in [0.1, 0.15) is 0 Å². The standard InChI is InChI=1S/C15H23ClN2/c1-14(2)13(15(14,3)4)9-18-8-10-5-11(16)7-12(17)6-10/h5-7,13,18H,8-9,17H2,1-4H3. The van der Waals surface area contributed by atoms with Crippen molar-refractivity contribution in [3.63, 3.8) is 0 Å². The average molecular weight is 267 g/mol. The number of hydrogen-bond acceptors (Lipinski definition) is 2. The summed E-state index contributed by atoms with van der Waals surface area (Å²) >= 11 is 5.99. The lowest BCUT2D eigenvalue weighted by Gasteiger charge is -2.07. The highest BCUT2D eigenvalue weighted by molar-refractivity contribution is 6.30. The summed E-state index contributed by atoms with van der Waals surface area (Å²) in [4.78, 5) is 0. The van der Waals surface area contributed by atoms with Gasteiger partial charge in [0, 0.05) is 17.3 Å². The number of anilines is 1. The zero-order valence-electron chi connectivity index (χ0n) is 11.7. The summed E-state index contributed by atoms with van der Waals surface area (Å²) in [5.41, 5.74) is 8.53. The highest BCUT2D eigenvalue weighted by Gasteiger charge is 2.63. The average Bonchev–Trinajstić information content (AvgIpc) is 2.59. The van der Waals surface area contributed by atoms with Crippen LogP contribution >= 0.6 is 11.6 Å². The van der Waals surface area contributed by atoms with Crippen LogP contribution in [0.3, 0.4) is 0 Å². The van der Waals surface area contributed by atoms with E-state index in [1.54, 1.807) is 6.07 Å². The maximum absolute atomic E-state index is 5.99. The van der Waals surface area contributed by atoms with E-state index >= 15 is 0 Å². The van der Waals surface area contributed by atoms with Crippen LogP contribution in [0.1, 0.15) is 33.3 Å². The minimum atomic E-state index is 0.438. The van der Waals surface area contributed by atoms with E-state index < -0.39 is 0 Å². The maximum Gasteiger partial charge on any atom is 0.0429 e. The van der Waals surface area contributed by atoms with Gasteiger partial charge in [-0.15, -0.1) is 0 Å².